The maximum Gasteiger partial charge on any atom is 0.357 e. The number of rotatable bonds is 4. The van der Waals surface area contributed by atoms with Crippen molar-refractivity contribution in [3.05, 3.63) is 11.1 Å². The van der Waals surface area contributed by atoms with Crippen molar-refractivity contribution in [2.24, 2.45) is 0 Å². The molecule has 1 N–H and O–H groups in total. The number of ether oxygens (including phenoxy) is 1. The molecule has 6 heteroatoms. The van der Waals surface area contributed by atoms with Crippen molar-refractivity contribution in [1.29, 1.82) is 0 Å². The zero-order valence-corrected chi connectivity index (χ0v) is 11.6. The van der Waals surface area contributed by atoms with E-state index in [4.69, 9.17) is 0 Å². The minimum absolute atomic E-state index is 0.303. The van der Waals surface area contributed by atoms with Gasteiger partial charge in [-0.2, -0.15) is 11.8 Å². The van der Waals surface area contributed by atoms with Crippen LogP contribution < -0.4 is 5.32 Å². The zero-order chi connectivity index (χ0) is 12.3. The third-order valence-corrected chi connectivity index (χ3v) is 5.15. The Morgan fingerprint density at radius 2 is 2.53 bits per heavy atom. The van der Waals surface area contributed by atoms with Crippen molar-refractivity contribution < 1.29 is 9.53 Å². The van der Waals surface area contributed by atoms with E-state index in [0.29, 0.717) is 10.4 Å². The highest BCUT2D eigenvalue weighted by atomic mass is 32.2. The van der Waals surface area contributed by atoms with E-state index < -0.39 is 0 Å². The van der Waals surface area contributed by atoms with Crippen LogP contribution in [0.1, 0.15) is 30.3 Å². The normalized spacial score (nSPS) is 23.6. The second-order valence-electron chi connectivity index (χ2n) is 4.28. The Balaban J connectivity index is 1.91. The van der Waals surface area contributed by atoms with Crippen LogP contribution in [0, 0.1) is 0 Å². The van der Waals surface area contributed by atoms with Crippen LogP contribution in [0.25, 0.3) is 0 Å². The molecule has 4 nitrogen and oxygen atoms in total. The monoisotopic (exact) mass is 272 g/mol. The summed E-state index contributed by atoms with van der Waals surface area (Å²) < 4.78 is 4.92. The van der Waals surface area contributed by atoms with E-state index in [1.807, 2.05) is 11.8 Å². The van der Waals surface area contributed by atoms with Crippen LogP contribution in [0.3, 0.4) is 0 Å². The molecule has 0 spiro atoms. The Morgan fingerprint density at radius 3 is 3.18 bits per heavy atom. The van der Waals surface area contributed by atoms with E-state index >= 15 is 0 Å². The van der Waals surface area contributed by atoms with Gasteiger partial charge in [-0.3, -0.25) is 0 Å². The van der Waals surface area contributed by atoms with Crippen LogP contribution in [0.2, 0.25) is 0 Å². The molecule has 1 atom stereocenters. The quantitative estimate of drug-likeness (QED) is 0.854. The fourth-order valence-corrected chi connectivity index (χ4v) is 3.72. The molecule has 0 amide bonds. The third kappa shape index (κ3) is 3.13. The van der Waals surface area contributed by atoms with Crippen LogP contribution in [0.15, 0.2) is 5.38 Å². The molecule has 2 rings (SSSR count). The fourth-order valence-electron chi connectivity index (χ4n) is 1.79. The summed E-state index contributed by atoms with van der Waals surface area (Å²) in [7, 11) is 1.37. The van der Waals surface area contributed by atoms with Gasteiger partial charge < -0.3 is 10.1 Å². The standard InChI is InChI=1S/C11H16N2O2S2/c1-11(4-3-5-17-11)7-12-10-13-8(6-16-10)9(14)15-2/h6H,3-5,7H2,1-2H3,(H,12,13). The van der Waals surface area contributed by atoms with Gasteiger partial charge in [0.1, 0.15) is 0 Å². The topological polar surface area (TPSA) is 51.2 Å². The summed E-state index contributed by atoms with van der Waals surface area (Å²) >= 11 is 3.45. The van der Waals surface area contributed by atoms with Crippen LogP contribution >= 0.6 is 23.1 Å². The molecule has 0 saturated carbocycles. The van der Waals surface area contributed by atoms with Crippen molar-refractivity contribution in [2.45, 2.75) is 24.5 Å². The molecule has 1 fully saturated rings. The maximum atomic E-state index is 11.2. The maximum absolute atomic E-state index is 11.2. The molecular formula is C11H16N2O2S2. The molecule has 1 aromatic rings. The summed E-state index contributed by atoms with van der Waals surface area (Å²) in [5.74, 6) is 0.861. The summed E-state index contributed by atoms with van der Waals surface area (Å²) in [5, 5.41) is 5.82. The number of carbonyl (C=O) groups is 1. The summed E-state index contributed by atoms with van der Waals surface area (Å²) in [5.41, 5.74) is 0.379. The number of thiazole rings is 1. The summed E-state index contributed by atoms with van der Waals surface area (Å²) in [6.45, 7) is 3.16. The molecule has 0 radical (unpaired) electrons. The van der Waals surface area contributed by atoms with Gasteiger partial charge in [-0.05, 0) is 25.5 Å². The van der Waals surface area contributed by atoms with E-state index in [1.165, 1.54) is 37.0 Å². The first-order chi connectivity index (χ1) is 8.13. The molecule has 2 heterocycles. The van der Waals surface area contributed by atoms with Crippen molar-refractivity contribution in [3.8, 4) is 0 Å². The lowest BCUT2D eigenvalue weighted by atomic mass is 10.1. The number of thioether (sulfide) groups is 1. The van der Waals surface area contributed by atoms with Crippen LogP contribution in [0.5, 0.6) is 0 Å². The molecule has 1 aliphatic heterocycles. The third-order valence-electron chi connectivity index (χ3n) is 2.81. The van der Waals surface area contributed by atoms with Crippen LogP contribution in [0.4, 0.5) is 5.13 Å². The fraction of sp³-hybridized carbons (Fsp3) is 0.636. The first-order valence-corrected chi connectivity index (χ1v) is 7.41. The molecule has 0 aromatic carbocycles. The van der Waals surface area contributed by atoms with Gasteiger partial charge in [0.15, 0.2) is 10.8 Å². The largest absolute Gasteiger partial charge is 0.464 e. The van der Waals surface area contributed by atoms with Gasteiger partial charge in [0.25, 0.3) is 0 Å². The van der Waals surface area contributed by atoms with Crippen molar-refractivity contribution >= 4 is 34.2 Å². The molecule has 1 unspecified atom stereocenters. The number of nitrogens with one attached hydrogen (secondary N) is 1. The number of aromatic nitrogens is 1. The molecule has 1 aromatic heterocycles. The lowest BCUT2D eigenvalue weighted by Crippen LogP contribution is -2.27. The number of nitrogens with zero attached hydrogens (tertiary/aromatic N) is 1. The number of methoxy groups -OCH3 is 1. The second-order valence-corrected chi connectivity index (χ2v) is 6.83. The Hall–Kier alpha value is -0.750. The number of hydrogen-bond acceptors (Lipinski definition) is 6. The molecular weight excluding hydrogens is 256 g/mol. The average Bonchev–Trinajstić information content (AvgIpc) is 2.95. The number of esters is 1. The average molecular weight is 272 g/mol. The predicted octanol–water partition coefficient (Wildman–Crippen LogP) is 2.63. The molecule has 0 bridgehead atoms. The summed E-state index contributed by atoms with van der Waals surface area (Å²) in [6.07, 6.45) is 2.52. The molecule has 1 aliphatic rings. The highest BCUT2D eigenvalue weighted by Crippen LogP contribution is 2.37. The summed E-state index contributed by atoms with van der Waals surface area (Å²) in [4.78, 5) is 15.4. The molecule has 1 saturated heterocycles. The van der Waals surface area contributed by atoms with Crippen LogP contribution in [-0.4, -0.2) is 35.1 Å². The lowest BCUT2D eigenvalue weighted by molar-refractivity contribution is 0.0595. The van der Waals surface area contributed by atoms with Gasteiger partial charge in [0.2, 0.25) is 0 Å². The Bertz CT molecular complexity index is 400. The zero-order valence-electron chi connectivity index (χ0n) is 9.99. The van der Waals surface area contributed by atoms with Crippen LogP contribution in [-0.2, 0) is 4.74 Å². The minimum Gasteiger partial charge on any atom is -0.464 e. The highest BCUT2D eigenvalue weighted by molar-refractivity contribution is 8.00. The molecule has 17 heavy (non-hydrogen) atoms. The first kappa shape index (κ1) is 12.7. The highest BCUT2D eigenvalue weighted by Gasteiger charge is 2.29. The Labute approximate surface area is 109 Å². The van der Waals surface area contributed by atoms with E-state index in [1.54, 1.807) is 5.38 Å². The molecule has 94 valence electrons. The Morgan fingerprint density at radius 1 is 1.71 bits per heavy atom. The number of anilines is 1. The van der Waals surface area contributed by atoms with Gasteiger partial charge in [-0.15, -0.1) is 11.3 Å². The van der Waals surface area contributed by atoms with E-state index in [9.17, 15) is 4.79 Å². The second kappa shape index (κ2) is 5.27. The SMILES string of the molecule is COC(=O)c1csc(NCC2(C)CCCS2)n1. The van der Waals surface area contributed by atoms with Gasteiger partial charge in [-0.25, -0.2) is 9.78 Å². The van der Waals surface area contributed by atoms with Crippen molar-refractivity contribution in [1.82, 2.24) is 4.98 Å². The van der Waals surface area contributed by atoms with E-state index in [0.717, 1.165) is 11.7 Å². The van der Waals surface area contributed by atoms with Crippen molar-refractivity contribution in [3.63, 3.8) is 0 Å². The first-order valence-electron chi connectivity index (χ1n) is 5.55. The lowest BCUT2D eigenvalue weighted by Gasteiger charge is -2.22. The summed E-state index contributed by atoms with van der Waals surface area (Å²) in [6, 6.07) is 0. The van der Waals surface area contributed by atoms with E-state index in [-0.39, 0.29) is 5.97 Å². The molecule has 0 aliphatic carbocycles. The van der Waals surface area contributed by atoms with Gasteiger partial charge in [0.05, 0.1) is 7.11 Å². The van der Waals surface area contributed by atoms with Gasteiger partial charge in [0, 0.05) is 16.7 Å². The van der Waals surface area contributed by atoms with Gasteiger partial charge in [-0.1, -0.05) is 0 Å². The number of hydrogen-bond donors (Lipinski definition) is 1. The minimum atomic E-state index is -0.379. The van der Waals surface area contributed by atoms with E-state index in [2.05, 4.69) is 22.0 Å². The van der Waals surface area contributed by atoms with Gasteiger partial charge >= 0.3 is 5.97 Å². The number of carbonyl (C=O) groups excluding carboxylic acids is 1. The smallest absolute Gasteiger partial charge is 0.357 e. The van der Waals surface area contributed by atoms with Crippen molar-refractivity contribution in [2.75, 3.05) is 24.7 Å². The Kier molecular flexibility index (Phi) is 3.93. The predicted molar refractivity (Wildman–Crippen MR) is 72.0 cm³/mol.